The van der Waals surface area contributed by atoms with E-state index >= 15 is 0 Å². The van der Waals surface area contributed by atoms with Gasteiger partial charge in [0.1, 0.15) is 6.54 Å². The van der Waals surface area contributed by atoms with Crippen molar-refractivity contribution in [2.24, 2.45) is 0 Å². The lowest BCUT2D eigenvalue weighted by Gasteiger charge is -2.07. The van der Waals surface area contributed by atoms with Gasteiger partial charge in [0, 0.05) is 25.5 Å². The summed E-state index contributed by atoms with van der Waals surface area (Å²) < 4.78 is 2.44. The van der Waals surface area contributed by atoms with Gasteiger partial charge in [-0.1, -0.05) is 96.1 Å². The molecule has 2 rings (SSSR count). The normalized spacial score (nSPS) is 11.4. The number of nitrogens with zero attached hydrogens (tertiary/aromatic N) is 1. The Hall–Kier alpha value is -1.57. The molecule has 1 aromatic carbocycles. The zero-order valence-electron chi connectivity index (χ0n) is 18.5. The summed E-state index contributed by atoms with van der Waals surface area (Å²) in [5.41, 5.74) is 9.63. The van der Waals surface area contributed by atoms with Gasteiger partial charge in [0.05, 0.1) is 11.1 Å². The van der Waals surface area contributed by atoms with Crippen molar-refractivity contribution in [2.75, 3.05) is 5.73 Å². The monoisotopic (exact) mass is 383 g/mol. The van der Waals surface area contributed by atoms with Crippen LogP contribution in [0.4, 0.5) is 5.69 Å². The minimum absolute atomic E-state index is 0.894. The first-order valence-corrected chi connectivity index (χ1v) is 11.9. The smallest absolute Gasteiger partial charge is 0.214 e. The predicted molar refractivity (Wildman–Crippen MR) is 124 cm³/mol. The molecule has 2 heteroatoms. The van der Waals surface area contributed by atoms with Gasteiger partial charge < -0.3 is 5.73 Å². The van der Waals surface area contributed by atoms with Gasteiger partial charge in [-0.05, 0) is 12.5 Å². The largest absolute Gasteiger partial charge is 0.398 e. The van der Waals surface area contributed by atoms with Crippen LogP contribution in [0, 0.1) is 6.92 Å². The fourth-order valence-corrected chi connectivity index (χ4v) is 4.29. The lowest BCUT2D eigenvalue weighted by molar-refractivity contribution is -0.677. The van der Waals surface area contributed by atoms with Crippen molar-refractivity contribution in [3.05, 3.63) is 36.0 Å². The molecule has 0 aliphatic carbocycles. The number of rotatable bonds is 15. The number of nitrogen functional groups attached to an aromatic ring is 1. The molecule has 0 aliphatic heterocycles. The van der Waals surface area contributed by atoms with Crippen LogP contribution in [0.25, 0.3) is 10.9 Å². The third-order valence-electron chi connectivity index (χ3n) is 6.03. The molecule has 156 valence electrons. The van der Waals surface area contributed by atoms with Gasteiger partial charge in [-0.3, -0.25) is 0 Å². The molecule has 28 heavy (non-hydrogen) atoms. The van der Waals surface area contributed by atoms with Crippen molar-refractivity contribution < 1.29 is 4.57 Å². The molecule has 0 unspecified atom stereocenters. The molecule has 1 aromatic heterocycles. The van der Waals surface area contributed by atoms with Crippen molar-refractivity contribution >= 4 is 16.6 Å². The van der Waals surface area contributed by atoms with Crippen LogP contribution in [-0.4, -0.2) is 0 Å². The number of fused-ring (bicyclic) bond motifs is 1. The van der Waals surface area contributed by atoms with E-state index in [1.54, 1.807) is 0 Å². The van der Waals surface area contributed by atoms with E-state index in [1.807, 2.05) is 0 Å². The summed E-state index contributed by atoms with van der Waals surface area (Å²) in [6.45, 7) is 5.57. The Morgan fingerprint density at radius 1 is 0.714 bits per heavy atom. The van der Waals surface area contributed by atoms with Crippen LogP contribution in [0.3, 0.4) is 0 Å². The van der Waals surface area contributed by atoms with E-state index < -0.39 is 0 Å². The van der Waals surface area contributed by atoms with Crippen LogP contribution in [0.2, 0.25) is 0 Å². The zero-order chi connectivity index (χ0) is 20.0. The number of hydrogen-bond donors (Lipinski definition) is 1. The number of anilines is 1. The molecular weight excluding hydrogens is 340 g/mol. The van der Waals surface area contributed by atoms with Gasteiger partial charge in [0.25, 0.3) is 0 Å². The molecule has 0 saturated heterocycles. The van der Waals surface area contributed by atoms with Gasteiger partial charge in [0.2, 0.25) is 5.52 Å². The van der Waals surface area contributed by atoms with Crippen LogP contribution < -0.4 is 10.3 Å². The number of pyridine rings is 1. The maximum Gasteiger partial charge on any atom is 0.214 e. The second-order valence-electron chi connectivity index (χ2n) is 8.51. The van der Waals surface area contributed by atoms with Gasteiger partial charge in [-0.15, -0.1) is 0 Å². The van der Waals surface area contributed by atoms with Crippen LogP contribution >= 0.6 is 0 Å². The summed E-state index contributed by atoms with van der Waals surface area (Å²) in [4.78, 5) is 0. The van der Waals surface area contributed by atoms with E-state index in [-0.39, 0.29) is 0 Å². The lowest BCUT2D eigenvalue weighted by Crippen LogP contribution is -2.38. The van der Waals surface area contributed by atoms with E-state index in [2.05, 4.69) is 48.7 Å². The molecule has 2 N–H and O–H groups in total. The summed E-state index contributed by atoms with van der Waals surface area (Å²) in [5.74, 6) is 0. The molecule has 0 amide bonds. The van der Waals surface area contributed by atoms with Gasteiger partial charge in [-0.25, -0.2) is 0 Å². The first-order valence-electron chi connectivity index (χ1n) is 11.9. The van der Waals surface area contributed by atoms with Crippen molar-refractivity contribution in [1.82, 2.24) is 0 Å². The number of hydrogen-bond acceptors (Lipinski definition) is 1. The van der Waals surface area contributed by atoms with E-state index in [0.29, 0.717) is 0 Å². The molecule has 1 heterocycles. The third kappa shape index (κ3) is 7.81. The number of unbranched alkanes of at least 4 members (excludes halogenated alkanes) is 13. The summed E-state index contributed by atoms with van der Waals surface area (Å²) in [6.07, 6.45) is 19.7. The minimum Gasteiger partial charge on any atom is -0.398 e. The molecule has 0 radical (unpaired) electrons. The first kappa shape index (κ1) is 22.7. The number of para-hydroxylation sites is 1. The summed E-state index contributed by atoms with van der Waals surface area (Å²) >= 11 is 0. The third-order valence-corrected chi connectivity index (χ3v) is 6.03. The summed E-state index contributed by atoms with van der Waals surface area (Å²) in [6, 6.07) is 10.6. The van der Waals surface area contributed by atoms with E-state index in [4.69, 9.17) is 5.73 Å². The second kappa shape index (κ2) is 13.6. The van der Waals surface area contributed by atoms with Crippen molar-refractivity contribution in [1.29, 1.82) is 0 Å². The molecule has 0 atom stereocenters. The molecule has 2 nitrogen and oxygen atoms in total. The number of nitrogens with two attached hydrogens (primary N) is 1. The molecular formula is C26H43N2+. The Balaban J connectivity index is 1.53. The van der Waals surface area contributed by atoms with Gasteiger partial charge >= 0.3 is 0 Å². The number of aryl methyl sites for hydroxylation is 2. The van der Waals surface area contributed by atoms with Gasteiger partial charge in [0.15, 0.2) is 5.69 Å². The Kier molecular flexibility index (Phi) is 11.0. The Bertz CT molecular complexity index is 677. The van der Waals surface area contributed by atoms with Crippen LogP contribution in [0.15, 0.2) is 30.3 Å². The predicted octanol–water partition coefficient (Wildman–Crippen LogP) is 7.50. The quantitative estimate of drug-likeness (QED) is 0.250. The SMILES string of the molecule is CCCCCCCCCCCCCCCC[n+]1c(C)cc(N)c2ccccc21. The molecule has 0 bridgehead atoms. The minimum atomic E-state index is 0.894. The second-order valence-corrected chi connectivity index (χ2v) is 8.51. The highest BCUT2D eigenvalue weighted by Gasteiger charge is 2.14. The maximum atomic E-state index is 6.19. The van der Waals surface area contributed by atoms with Gasteiger partial charge in [-0.2, -0.15) is 4.57 Å². The molecule has 0 spiro atoms. The highest BCUT2D eigenvalue weighted by Crippen LogP contribution is 2.19. The van der Waals surface area contributed by atoms with E-state index in [1.165, 1.54) is 106 Å². The average Bonchev–Trinajstić information content (AvgIpc) is 2.70. The highest BCUT2D eigenvalue weighted by molar-refractivity contribution is 5.87. The Morgan fingerprint density at radius 2 is 1.21 bits per heavy atom. The number of benzene rings is 1. The zero-order valence-corrected chi connectivity index (χ0v) is 18.5. The van der Waals surface area contributed by atoms with Crippen molar-refractivity contribution in [3.63, 3.8) is 0 Å². The van der Waals surface area contributed by atoms with Crippen LogP contribution in [0.5, 0.6) is 0 Å². The number of aromatic nitrogens is 1. The van der Waals surface area contributed by atoms with Crippen LogP contribution in [0.1, 0.15) is 103 Å². The maximum absolute atomic E-state index is 6.19. The molecule has 0 fully saturated rings. The Labute approximate surface area is 173 Å². The average molecular weight is 384 g/mol. The molecule has 0 aliphatic rings. The van der Waals surface area contributed by atoms with Crippen LogP contribution in [-0.2, 0) is 6.54 Å². The van der Waals surface area contributed by atoms with Crippen molar-refractivity contribution in [2.45, 2.75) is 110 Å². The lowest BCUT2D eigenvalue weighted by atomic mass is 10.0. The summed E-state index contributed by atoms with van der Waals surface area (Å²) in [5, 5.41) is 1.18. The fraction of sp³-hybridized carbons (Fsp3) is 0.654. The highest BCUT2D eigenvalue weighted by atomic mass is 15.0. The summed E-state index contributed by atoms with van der Waals surface area (Å²) in [7, 11) is 0. The Morgan fingerprint density at radius 3 is 1.79 bits per heavy atom. The standard InChI is InChI=1S/C26H42N2/c1-3-4-5-6-7-8-9-10-11-12-13-14-15-18-21-28-23(2)22-25(27)24-19-16-17-20-26(24)28/h16-17,19-20,22,27H,3-15,18,21H2,1-2H3/p+1. The first-order chi connectivity index (χ1) is 13.7. The molecule has 0 saturated carbocycles. The van der Waals surface area contributed by atoms with E-state index in [9.17, 15) is 0 Å². The fourth-order valence-electron chi connectivity index (χ4n) is 4.29. The topological polar surface area (TPSA) is 29.9 Å². The van der Waals surface area contributed by atoms with Crippen molar-refractivity contribution in [3.8, 4) is 0 Å². The van der Waals surface area contributed by atoms with E-state index in [0.717, 1.165) is 12.2 Å². The molecule has 2 aromatic rings.